The Hall–Kier alpha value is -1.77. The van der Waals surface area contributed by atoms with Crippen LogP contribution in [0.5, 0.6) is 0 Å². The summed E-state index contributed by atoms with van der Waals surface area (Å²) in [6, 6.07) is 10.7. The summed E-state index contributed by atoms with van der Waals surface area (Å²) in [5.41, 5.74) is 1.29. The summed E-state index contributed by atoms with van der Waals surface area (Å²) < 4.78 is 2.15. The Labute approximate surface area is 96.1 Å². The van der Waals surface area contributed by atoms with E-state index in [1.165, 1.54) is 5.56 Å². The van der Waals surface area contributed by atoms with Crippen molar-refractivity contribution in [3.63, 3.8) is 0 Å². The van der Waals surface area contributed by atoms with Crippen LogP contribution in [-0.4, -0.2) is 16.1 Å². The smallest absolute Gasteiger partial charge is 0.203 e. The molecule has 0 fully saturated rings. The fourth-order valence-electron chi connectivity index (χ4n) is 1.81. The van der Waals surface area contributed by atoms with Crippen LogP contribution in [0.4, 0.5) is 5.95 Å². The molecule has 0 aliphatic carbocycles. The van der Waals surface area contributed by atoms with Crippen LogP contribution in [0.3, 0.4) is 0 Å². The maximum atomic E-state index is 4.30. The highest BCUT2D eigenvalue weighted by Crippen LogP contribution is 2.20. The molecule has 1 aromatic carbocycles. The van der Waals surface area contributed by atoms with Gasteiger partial charge >= 0.3 is 0 Å². The minimum atomic E-state index is 0.303. The summed E-state index contributed by atoms with van der Waals surface area (Å²) in [6.45, 7) is 5.14. The number of rotatable bonds is 4. The minimum Gasteiger partial charge on any atom is -0.356 e. The van der Waals surface area contributed by atoms with E-state index in [9.17, 15) is 0 Å². The van der Waals surface area contributed by atoms with Gasteiger partial charge in [-0.1, -0.05) is 30.3 Å². The molecule has 0 aliphatic heterocycles. The van der Waals surface area contributed by atoms with Gasteiger partial charge in [-0.15, -0.1) is 0 Å². The van der Waals surface area contributed by atoms with Gasteiger partial charge in [0.15, 0.2) is 0 Å². The highest BCUT2D eigenvalue weighted by atomic mass is 15.2. The Morgan fingerprint density at radius 3 is 2.75 bits per heavy atom. The number of aromatic nitrogens is 2. The van der Waals surface area contributed by atoms with Crippen LogP contribution in [0.15, 0.2) is 42.7 Å². The molecular formula is C13H17N3. The van der Waals surface area contributed by atoms with Crippen molar-refractivity contribution in [3.8, 4) is 0 Å². The van der Waals surface area contributed by atoms with Gasteiger partial charge in [0.05, 0.1) is 6.04 Å². The molecule has 3 heteroatoms. The molecule has 16 heavy (non-hydrogen) atoms. The van der Waals surface area contributed by atoms with Gasteiger partial charge in [-0.05, 0) is 19.4 Å². The third-order valence-corrected chi connectivity index (χ3v) is 2.70. The Kier molecular flexibility index (Phi) is 3.25. The number of hydrogen-bond donors (Lipinski definition) is 1. The fourth-order valence-corrected chi connectivity index (χ4v) is 1.81. The molecule has 1 atom stereocenters. The Morgan fingerprint density at radius 1 is 1.31 bits per heavy atom. The van der Waals surface area contributed by atoms with E-state index in [2.05, 4.69) is 53.0 Å². The monoisotopic (exact) mass is 215 g/mol. The Morgan fingerprint density at radius 2 is 2.06 bits per heavy atom. The molecular weight excluding hydrogens is 198 g/mol. The second-order valence-corrected chi connectivity index (χ2v) is 3.78. The van der Waals surface area contributed by atoms with Crippen LogP contribution in [0.25, 0.3) is 0 Å². The Bertz CT molecular complexity index is 433. The van der Waals surface area contributed by atoms with E-state index in [-0.39, 0.29) is 0 Å². The molecule has 1 aromatic heterocycles. The molecule has 0 radical (unpaired) electrons. The molecule has 2 rings (SSSR count). The van der Waals surface area contributed by atoms with Crippen molar-refractivity contribution in [3.05, 3.63) is 48.3 Å². The van der Waals surface area contributed by atoms with Crippen LogP contribution < -0.4 is 5.32 Å². The van der Waals surface area contributed by atoms with Gasteiger partial charge in [0.2, 0.25) is 5.95 Å². The van der Waals surface area contributed by atoms with Gasteiger partial charge < -0.3 is 9.88 Å². The highest BCUT2D eigenvalue weighted by Gasteiger charge is 2.10. The first-order valence-corrected chi connectivity index (χ1v) is 5.64. The fraction of sp³-hybridized carbons (Fsp3) is 0.308. The van der Waals surface area contributed by atoms with Crippen LogP contribution >= 0.6 is 0 Å². The van der Waals surface area contributed by atoms with Crippen LogP contribution in [0, 0.1) is 0 Å². The van der Waals surface area contributed by atoms with Crippen molar-refractivity contribution < 1.29 is 0 Å². The molecule has 2 aromatic rings. The van der Waals surface area contributed by atoms with E-state index in [4.69, 9.17) is 0 Å². The standard InChI is InChI=1S/C13H17N3/c1-3-14-13-15-9-10-16(13)11(2)12-7-5-4-6-8-12/h4-11H,3H2,1-2H3,(H,14,15). The van der Waals surface area contributed by atoms with Crippen molar-refractivity contribution in [1.29, 1.82) is 0 Å². The molecule has 0 bridgehead atoms. The van der Waals surface area contributed by atoms with E-state index < -0.39 is 0 Å². The summed E-state index contributed by atoms with van der Waals surface area (Å²) in [5, 5.41) is 3.26. The van der Waals surface area contributed by atoms with Crippen molar-refractivity contribution in [2.24, 2.45) is 0 Å². The number of imidazole rings is 1. The first kappa shape index (κ1) is 10.7. The summed E-state index contributed by atoms with van der Waals surface area (Å²) in [4.78, 5) is 4.30. The molecule has 0 spiro atoms. The summed E-state index contributed by atoms with van der Waals surface area (Å²) in [6.07, 6.45) is 3.84. The Balaban J connectivity index is 2.27. The zero-order valence-corrected chi connectivity index (χ0v) is 9.72. The van der Waals surface area contributed by atoms with Crippen molar-refractivity contribution >= 4 is 5.95 Å². The second-order valence-electron chi connectivity index (χ2n) is 3.78. The van der Waals surface area contributed by atoms with Crippen molar-refractivity contribution in [2.45, 2.75) is 19.9 Å². The first-order chi connectivity index (χ1) is 7.83. The SMILES string of the molecule is CCNc1nccn1C(C)c1ccccc1. The van der Waals surface area contributed by atoms with Gasteiger partial charge in [0.1, 0.15) is 0 Å². The lowest BCUT2D eigenvalue weighted by Gasteiger charge is -2.16. The van der Waals surface area contributed by atoms with Crippen LogP contribution in [-0.2, 0) is 0 Å². The minimum absolute atomic E-state index is 0.303. The molecule has 1 heterocycles. The average molecular weight is 215 g/mol. The maximum Gasteiger partial charge on any atom is 0.203 e. The predicted octanol–water partition coefficient (Wildman–Crippen LogP) is 2.92. The lowest BCUT2D eigenvalue weighted by molar-refractivity contribution is 0.644. The zero-order chi connectivity index (χ0) is 11.4. The van der Waals surface area contributed by atoms with Crippen LogP contribution in [0.2, 0.25) is 0 Å². The van der Waals surface area contributed by atoms with E-state index in [1.807, 2.05) is 18.5 Å². The van der Waals surface area contributed by atoms with Crippen molar-refractivity contribution in [1.82, 2.24) is 9.55 Å². The lowest BCUT2D eigenvalue weighted by atomic mass is 10.1. The third kappa shape index (κ3) is 2.08. The lowest BCUT2D eigenvalue weighted by Crippen LogP contribution is -2.11. The molecule has 0 amide bonds. The van der Waals surface area contributed by atoms with E-state index in [0.29, 0.717) is 6.04 Å². The zero-order valence-electron chi connectivity index (χ0n) is 9.72. The molecule has 0 aliphatic rings. The number of hydrogen-bond acceptors (Lipinski definition) is 2. The van der Waals surface area contributed by atoms with Crippen molar-refractivity contribution in [2.75, 3.05) is 11.9 Å². The molecule has 84 valence electrons. The predicted molar refractivity (Wildman–Crippen MR) is 66.6 cm³/mol. The summed E-state index contributed by atoms with van der Waals surface area (Å²) in [5.74, 6) is 0.929. The van der Waals surface area contributed by atoms with E-state index in [1.54, 1.807) is 0 Å². The van der Waals surface area contributed by atoms with Gasteiger partial charge in [-0.3, -0.25) is 0 Å². The summed E-state index contributed by atoms with van der Waals surface area (Å²) in [7, 11) is 0. The van der Waals surface area contributed by atoms with Gasteiger partial charge in [0, 0.05) is 18.9 Å². The number of nitrogens with zero attached hydrogens (tertiary/aromatic N) is 2. The molecule has 1 N–H and O–H groups in total. The van der Waals surface area contributed by atoms with Gasteiger partial charge in [-0.25, -0.2) is 4.98 Å². The van der Waals surface area contributed by atoms with Crippen LogP contribution in [0.1, 0.15) is 25.5 Å². The third-order valence-electron chi connectivity index (χ3n) is 2.70. The quantitative estimate of drug-likeness (QED) is 0.849. The highest BCUT2D eigenvalue weighted by molar-refractivity contribution is 5.30. The average Bonchev–Trinajstić information content (AvgIpc) is 2.78. The maximum absolute atomic E-state index is 4.30. The molecule has 1 unspecified atom stereocenters. The molecule has 3 nitrogen and oxygen atoms in total. The largest absolute Gasteiger partial charge is 0.356 e. The normalized spacial score (nSPS) is 12.4. The topological polar surface area (TPSA) is 29.9 Å². The first-order valence-electron chi connectivity index (χ1n) is 5.64. The van der Waals surface area contributed by atoms with E-state index >= 15 is 0 Å². The van der Waals surface area contributed by atoms with Gasteiger partial charge in [-0.2, -0.15) is 0 Å². The second kappa shape index (κ2) is 4.84. The molecule has 0 saturated heterocycles. The number of nitrogens with one attached hydrogen (secondary N) is 1. The summed E-state index contributed by atoms with van der Waals surface area (Å²) >= 11 is 0. The van der Waals surface area contributed by atoms with Gasteiger partial charge in [0.25, 0.3) is 0 Å². The number of anilines is 1. The van der Waals surface area contributed by atoms with E-state index in [0.717, 1.165) is 12.5 Å². The number of benzene rings is 1. The molecule has 0 saturated carbocycles.